The molecule has 0 unspecified atom stereocenters. The Kier molecular flexibility index (Phi) is 2.90. The molecule has 0 radical (unpaired) electrons. The van der Waals surface area contributed by atoms with Crippen LogP contribution in [0.15, 0.2) is 24.3 Å². The first-order valence-corrected chi connectivity index (χ1v) is 3.61. The minimum Gasteiger partial charge on any atom is -0.359 e. The van der Waals surface area contributed by atoms with Gasteiger partial charge in [0.15, 0.2) is 0 Å². The van der Waals surface area contributed by atoms with Crippen LogP contribution >= 0.6 is 0 Å². The van der Waals surface area contributed by atoms with Gasteiger partial charge in [-0.25, -0.2) is 0 Å². The number of nitrogens with one attached hydrogen (secondary N) is 1. The molecule has 0 saturated heterocycles. The zero-order chi connectivity index (χ0) is 9.68. The Hall–Kier alpha value is -1.99. The number of rotatable bonds is 1. The van der Waals surface area contributed by atoms with Crippen LogP contribution in [-0.2, 0) is 4.79 Å². The average Bonchev–Trinajstić information content (AvgIpc) is 2.15. The highest BCUT2D eigenvalue weighted by Gasteiger charge is 1.94. The van der Waals surface area contributed by atoms with Gasteiger partial charge in [0.05, 0.1) is 5.69 Å². The van der Waals surface area contributed by atoms with Gasteiger partial charge < -0.3 is 11.2 Å². The summed E-state index contributed by atoms with van der Waals surface area (Å²) in [4.78, 5) is 10.4. The SMILES string of the molecule is NNc1ccccc1C#CC(N)=O. The van der Waals surface area contributed by atoms with Crippen LogP contribution in [0.2, 0.25) is 0 Å². The summed E-state index contributed by atoms with van der Waals surface area (Å²) in [6.45, 7) is 0. The van der Waals surface area contributed by atoms with Crippen LogP contribution in [0.3, 0.4) is 0 Å². The second-order valence-electron chi connectivity index (χ2n) is 2.30. The monoisotopic (exact) mass is 175 g/mol. The molecule has 0 fully saturated rings. The highest BCUT2D eigenvalue weighted by atomic mass is 16.1. The van der Waals surface area contributed by atoms with Crippen molar-refractivity contribution in [3.8, 4) is 11.8 Å². The van der Waals surface area contributed by atoms with Crippen LogP contribution in [0.5, 0.6) is 0 Å². The van der Waals surface area contributed by atoms with Crippen LogP contribution < -0.4 is 17.0 Å². The van der Waals surface area contributed by atoms with Gasteiger partial charge in [-0.3, -0.25) is 10.6 Å². The summed E-state index contributed by atoms with van der Waals surface area (Å²) in [6, 6.07) is 7.10. The number of carbonyl (C=O) groups excluding carboxylic acids is 1. The van der Waals surface area contributed by atoms with Gasteiger partial charge >= 0.3 is 0 Å². The van der Waals surface area contributed by atoms with Gasteiger partial charge in [0, 0.05) is 11.5 Å². The van der Waals surface area contributed by atoms with Crippen molar-refractivity contribution in [2.75, 3.05) is 5.43 Å². The molecule has 1 amide bonds. The lowest BCUT2D eigenvalue weighted by atomic mass is 10.2. The molecule has 0 spiro atoms. The summed E-state index contributed by atoms with van der Waals surface area (Å²) in [7, 11) is 0. The van der Waals surface area contributed by atoms with E-state index in [1.807, 2.05) is 6.07 Å². The molecular formula is C9H9N3O. The maximum Gasteiger partial charge on any atom is 0.293 e. The van der Waals surface area contributed by atoms with E-state index in [2.05, 4.69) is 17.3 Å². The van der Waals surface area contributed by atoms with Gasteiger partial charge in [0.25, 0.3) is 5.91 Å². The molecule has 4 heteroatoms. The second-order valence-corrected chi connectivity index (χ2v) is 2.30. The molecule has 4 nitrogen and oxygen atoms in total. The Morgan fingerprint density at radius 1 is 1.38 bits per heavy atom. The number of carbonyl (C=O) groups is 1. The zero-order valence-corrected chi connectivity index (χ0v) is 6.87. The molecule has 1 rings (SSSR count). The van der Waals surface area contributed by atoms with E-state index in [0.717, 1.165) is 0 Å². The van der Waals surface area contributed by atoms with E-state index >= 15 is 0 Å². The van der Waals surface area contributed by atoms with E-state index in [0.29, 0.717) is 11.3 Å². The van der Waals surface area contributed by atoms with E-state index in [1.165, 1.54) is 0 Å². The molecule has 5 N–H and O–H groups in total. The number of hydrogen-bond acceptors (Lipinski definition) is 3. The van der Waals surface area contributed by atoms with Crippen LogP contribution in [-0.4, -0.2) is 5.91 Å². The number of hydrogen-bond donors (Lipinski definition) is 3. The summed E-state index contributed by atoms with van der Waals surface area (Å²) < 4.78 is 0. The average molecular weight is 175 g/mol. The third kappa shape index (κ3) is 2.51. The number of primary amides is 1. The Morgan fingerprint density at radius 2 is 2.08 bits per heavy atom. The minimum atomic E-state index is -0.660. The molecule has 0 aliphatic rings. The molecule has 0 aliphatic heterocycles. The third-order valence-corrected chi connectivity index (χ3v) is 1.40. The van der Waals surface area contributed by atoms with Crippen LogP contribution in [0.1, 0.15) is 5.56 Å². The highest BCUT2D eigenvalue weighted by molar-refractivity contribution is 5.92. The fourth-order valence-corrected chi connectivity index (χ4v) is 0.847. The van der Waals surface area contributed by atoms with Gasteiger partial charge in [-0.15, -0.1) is 0 Å². The summed E-state index contributed by atoms with van der Waals surface area (Å²) in [5.41, 5.74) is 8.64. The predicted octanol–water partition coefficient (Wildman–Crippen LogP) is -0.191. The summed E-state index contributed by atoms with van der Waals surface area (Å²) >= 11 is 0. The van der Waals surface area contributed by atoms with E-state index < -0.39 is 5.91 Å². The van der Waals surface area contributed by atoms with Crippen molar-refractivity contribution in [3.63, 3.8) is 0 Å². The maximum atomic E-state index is 10.4. The highest BCUT2D eigenvalue weighted by Crippen LogP contribution is 2.11. The number of nitrogens with two attached hydrogens (primary N) is 2. The van der Waals surface area contributed by atoms with Crippen molar-refractivity contribution in [1.82, 2.24) is 0 Å². The number of benzene rings is 1. The molecule has 0 bridgehead atoms. The molecule has 0 heterocycles. The fraction of sp³-hybridized carbons (Fsp3) is 0. The van der Waals surface area contributed by atoms with Crippen molar-refractivity contribution in [2.45, 2.75) is 0 Å². The Morgan fingerprint density at radius 3 is 2.69 bits per heavy atom. The normalized spacial score (nSPS) is 8.38. The summed E-state index contributed by atoms with van der Waals surface area (Å²) in [5.74, 6) is 9.39. The molecule has 1 aromatic carbocycles. The van der Waals surface area contributed by atoms with Crippen molar-refractivity contribution in [1.29, 1.82) is 0 Å². The second kappa shape index (κ2) is 4.14. The first-order valence-electron chi connectivity index (χ1n) is 3.61. The minimum absolute atomic E-state index is 0.642. The molecule has 66 valence electrons. The van der Waals surface area contributed by atoms with E-state index in [9.17, 15) is 4.79 Å². The number of anilines is 1. The van der Waals surface area contributed by atoms with Crippen molar-refractivity contribution in [3.05, 3.63) is 29.8 Å². The standard InChI is InChI=1S/C9H9N3O/c10-9(13)6-5-7-3-1-2-4-8(7)12-11/h1-4,12H,11H2,(H2,10,13). The van der Waals surface area contributed by atoms with E-state index in [4.69, 9.17) is 11.6 Å². The van der Waals surface area contributed by atoms with Crippen LogP contribution in [0.25, 0.3) is 0 Å². The molecule has 0 aliphatic carbocycles. The topological polar surface area (TPSA) is 81.1 Å². The Labute approximate surface area is 75.9 Å². The molecule has 13 heavy (non-hydrogen) atoms. The number of hydrazine groups is 1. The third-order valence-electron chi connectivity index (χ3n) is 1.40. The first-order chi connectivity index (χ1) is 6.24. The van der Waals surface area contributed by atoms with Gasteiger partial charge in [-0.05, 0) is 12.1 Å². The van der Waals surface area contributed by atoms with Gasteiger partial charge in [0.2, 0.25) is 0 Å². The van der Waals surface area contributed by atoms with Crippen molar-refractivity contribution >= 4 is 11.6 Å². The largest absolute Gasteiger partial charge is 0.359 e. The molecule has 0 atom stereocenters. The molecular weight excluding hydrogens is 166 g/mol. The zero-order valence-electron chi connectivity index (χ0n) is 6.87. The smallest absolute Gasteiger partial charge is 0.293 e. The quantitative estimate of drug-likeness (QED) is 0.314. The molecule has 0 aromatic heterocycles. The van der Waals surface area contributed by atoms with Gasteiger partial charge in [-0.2, -0.15) is 0 Å². The summed E-state index contributed by atoms with van der Waals surface area (Å²) in [5, 5.41) is 0. The van der Waals surface area contributed by atoms with Crippen LogP contribution in [0, 0.1) is 11.8 Å². The number of amides is 1. The van der Waals surface area contributed by atoms with Gasteiger partial charge in [0.1, 0.15) is 0 Å². The number of nitrogen functional groups attached to an aromatic ring is 1. The van der Waals surface area contributed by atoms with E-state index in [1.54, 1.807) is 18.2 Å². The maximum absolute atomic E-state index is 10.4. The Bertz CT molecular complexity index is 376. The Balaban J connectivity index is 3.02. The number of para-hydroxylation sites is 1. The lowest BCUT2D eigenvalue weighted by Gasteiger charge is -2.00. The lowest BCUT2D eigenvalue weighted by molar-refractivity contribution is -0.112. The van der Waals surface area contributed by atoms with Crippen molar-refractivity contribution < 1.29 is 4.79 Å². The lowest BCUT2D eigenvalue weighted by Crippen LogP contribution is -2.09. The van der Waals surface area contributed by atoms with Crippen LogP contribution in [0.4, 0.5) is 5.69 Å². The van der Waals surface area contributed by atoms with Gasteiger partial charge in [-0.1, -0.05) is 18.1 Å². The predicted molar refractivity (Wildman–Crippen MR) is 50.3 cm³/mol. The van der Waals surface area contributed by atoms with Crippen molar-refractivity contribution in [2.24, 2.45) is 11.6 Å². The first kappa shape index (κ1) is 9.10. The van der Waals surface area contributed by atoms with E-state index in [-0.39, 0.29) is 0 Å². The summed E-state index contributed by atoms with van der Waals surface area (Å²) in [6.07, 6.45) is 0. The molecule has 0 saturated carbocycles. The molecule has 1 aromatic rings. The fourth-order valence-electron chi connectivity index (χ4n) is 0.847.